The van der Waals surface area contributed by atoms with Gasteiger partial charge in [0.2, 0.25) is 15.9 Å². The predicted octanol–water partition coefficient (Wildman–Crippen LogP) is 3.90. The second-order valence-corrected chi connectivity index (χ2v) is 8.66. The molecule has 0 aliphatic carbocycles. The fourth-order valence-corrected chi connectivity index (χ4v) is 4.92. The lowest BCUT2D eigenvalue weighted by Gasteiger charge is -2.21. The lowest BCUT2D eigenvalue weighted by atomic mass is 10.1. The van der Waals surface area contributed by atoms with E-state index in [0.717, 1.165) is 4.31 Å². The van der Waals surface area contributed by atoms with Crippen molar-refractivity contribution >= 4 is 32.4 Å². The predicted molar refractivity (Wildman–Crippen MR) is 121 cm³/mol. The first-order valence-electron chi connectivity index (χ1n) is 9.99. The molecule has 0 unspecified atom stereocenters. The summed E-state index contributed by atoms with van der Waals surface area (Å²) in [5.74, 6) is 0.781. The average Bonchev–Trinajstić information content (AvgIpc) is 2.77. The van der Waals surface area contributed by atoms with Gasteiger partial charge in [0.25, 0.3) is 0 Å². The fraction of sp³-hybridized carbons (Fsp3) is 0.261. The number of anilines is 1. The van der Waals surface area contributed by atoms with Gasteiger partial charge in [-0.3, -0.25) is 4.79 Å². The summed E-state index contributed by atoms with van der Waals surface area (Å²) >= 11 is 0. The summed E-state index contributed by atoms with van der Waals surface area (Å²) in [5.41, 5.74) is 0.532. The topological polar surface area (TPSA) is 84.9 Å². The number of benzene rings is 3. The Hall–Kier alpha value is -3.10. The number of sulfonamides is 1. The van der Waals surface area contributed by atoms with Crippen LogP contribution >= 0.6 is 0 Å². The summed E-state index contributed by atoms with van der Waals surface area (Å²) in [4.78, 5) is 12.7. The minimum absolute atomic E-state index is 0.141. The van der Waals surface area contributed by atoms with E-state index < -0.39 is 15.9 Å². The molecular formula is C23H26N2O5S. The van der Waals surface area contributed by atoms with Crippen LogP contribution in [0, 0.1) is 0 Å². The Kier molecular flexibility index (Phi) is 7.14. The van der Waals surface area contributed by atoms with Crippen molar-refractivity contribution in [3.8, 4) is 11.5 Å². The highest BCUT2D eigenvalue weighted by atomic mass is 32.2. The van der Waals surface area contributed by atoms with Crippen LogP contribution in [-0.4, -0.2) is 45.4 Å². The highest BCUT2D eigenvalue weighted by molar-refractivity contribution is 7.89. The third-order valence-electron chi connectivity index (χ3n) is 4.79. The molecule has 8 heteroatoms. The van der Waals surface area contributed by atoms with Crippen molar-refractivity contribution in [3.05, 3.63) is 60.7 Å². The Morgan fingerprint density at radius 3 is 2.42 bits per heavy atom. The third-order valence-corrected chi connectivity index (χ3v) is 6.77. The normalized spacial score (nSPS) is 11.5. The van der Waals surface area contributed by atoms with Gasteiger partial charge in [0, 0.05) is 29.1 Å². The molecule has 7 nitrogen and oxygen atoms in total. The van der Waals surface area contributed by atoms with Crippen LogP contribution in [0.5, 0.6) is 11.5 Å². The van der Waals surface area contributed by atoms with Crippen molar-refractivity contribution < 1.29 is 22.7 Å². The number of rotatable bonds is 9. The lowest BCUT2D eigenvalue weighted by molar-refractivity contribution is -0.116. The summed E-state index contributed by atoms with van der Waals surface area (Å²) in [7, 11) is -2.38. The zero-order valence-electron chi connectivity index (χ0n) is 17.8. The zero-order chi connectivity index (χ0) is 22.4. The van der Waals surface area contributed by atoms with E-state index >= 15 is 0 Å². The Morgan fingerprint density at radius 2 is 1.74 bits per heavy atom. The van der Waals surface area contributed by atoms with Gasteiger partial charge in [-0.05, 0) is 31.2 Å². The maximum Gasteiger partial charge on any atom is 0.244 e. The molecule has 0 spiro atoms. The Bertz CT molecular complexity index is 1180. The second-order valence-electron chi connectivity index (χ2n) is 6.75. The van der Waals surface area contributed by atoms with Gasteiger partial charge in [-0.25, -0.2) is 8.42 Å². The number of amides is 1. The number of hydrogen-bond acceptors (Lipinski definition) is 5. The van der Waals surface area contributed by atoms with Gasteiger partial charge >= 0.3 is 0 Å². The molecular weight excluding hydrogens is 416 g/mol. The molecule has 0 aliphatic heterocycles. The van der Waals surface area contributed by atoms with E-state index in [1.165, 1.54) is 13.2 Å². The number of nitrogens with zero attached hydrogens (tertiary/aromatic N) is 1. The van der Waals surface area contributed by atoms with E-state index in [1.54, 1.807) is 49.4 Å². The maximum atomic E-state index is 13.4. The Balaban J connectivity index is 1.89. The maximum absolute atomic E-state index is 13.4. The average molecular weight is 443 g/mol. The molecule has 0 aliphatic rings. The SMILES string of the molecule is CCOc1ccc(S(=O)(=O)N(CC)CC(=O)Nc2cccc(OC)c2)c2ccccc12. The molecule has 0 aromatic heterocycles. The van der Waals surface area contributed by atoms with E-state index in [9.17, 15) is 13.2 Å². The largest absolute Gasteiger partial charge is 0.497 e. The minimum atomic E-state index is -3.92. The molecule has 3 aromatic rings. The molecule has 164 valence electrons. The molecule has 0 saturated carbocycles. The first-order valence-corrected chi connectivity index (χ1v) is 11.4. The summed E-state index contributed by atoms with van der Waals surface area (Å²) in [6.45, 7) is 3.89. The van der Waals surface area contributed by atoms with Gasteiger partial charge in [-0.1, -0.05) is 37.3 Å². The van der Waals surface area contributed by atoms with Crippen LogP contribution in [0.15, 0.2) is 65.6 Å². The van der Waals surface area contributed by atoms with Crippen LogP contribution in [0.4, 0.5) is 5.69 Å². The molecule has 0 fully saturated rings. The molecule has 31 heavy (non-hydrogen) atoms. The molecule has 3 aromatic carbocycles. The van der Waals surface area contributed by atoms with Crippen LogP contribution in [0.25, 0.3) is 10.8 Å². The van der Waals surface area contributed by atoms with Crippen LogP contribution < -0.4 is 14.8 Å². The molecule has 0 saturated heterocycles. The number of fused-ring (bicyclic) bond motifs is 1. The lowest BCUT2D eigenvalue weighted by Crippen LogP contribution is -2.37. The Morgan fingerprint density at radius 1 is 1.00 bits per heavy atom. The van der Waals surface area contributed by atoms with Gasteiger partial charge in [0.1, 0.15) is 11.5 Å². The van der Waals surface area contributed by atoms with Crippen molar-refractivity contribution in [3.63, 3.8) is 0 Å². The highest BCUT2D eigenvalue weighted by Gasteiger charge is 2.27. The van der Waals surface area contributed by atoms with Crippen LogP contribution in [0.2, 0.25) is 0 Å². The van der Waals surface area contributed by atoms with Gasteiger partial charge < -0.3 is 14.8 Å². The third kappa shape index (κ3) is 4.98. The van der Waals surface area contributed by atoms with Gasteiger partial charge in [-0.15, -0.1) is 0 Å². The van der Waals surface area contributed by atoms with Crippen molar-refractivity contribution in [2.75, 3.05) is 32.1 Å². The number of likely N-dealkylation sites (N-methyl/N-ethyl adjacent to an activating group) is 1. The van der Waals surface area contributed by atoms with Crippen LogP contribution in [0.1, 0.15) is 13.8 Å². The first-order chi connectivity index (χ1) is 14.9. The fourth-order valence-electron chi connectivity index (χ4n) is 3.32. The first kappa shape index (κ1) is 22.6. The van der Waals surface area contributed by atoms with Crippen molar-refractivity contribution in [1.29, 1.82) is 0 Å². The quantitative estimate of drug-likeness (QED) is 0.543. The molecule has 0 atom stereocenters. The number of hydrogen-bond donors (Lipinski definition) is 1. The van der Waals surface area contributed by atoms with E-state index in [-0.39, 0.29) is 18.0 Å². The van der Waals surface area contributed by atoms with Crippen LogP contribution in [-0.2, 0) is 14.8 Å². The molecule has 0 radical (unpaired) electrons. The molecule has 0 heterocycles. The summed E-state index contributed by atoms with van der Waals surface area (Å²) < 4.78 is 38.8. The van der Waals surface area contributed by atoms with Crippen LogP contribution in [0.3, 0.4) is 0 Å². The van der Waals surface area contributed by atoms with E-state index in [2.05, 4.69) is 5.32 Å². The summed E-state index contributed by atoms with van der Waals surface area (Å²) in [5, 5.41) is 3.99. The number of ether oxygens (including phenoxy) is 2. The number of carbonyl (C=O) groups is 1. The molecule has 0 bridgehead atoms. The van der Waals surface area contributed by atoms with E-state index in [4.69, 9.17) is 9.47 Å². The summed E-state index contributed by atoms with van der Waals surface area (Å²) in [6, 6.07) is 17.3. The van der Waals surface area contributed by atoms with Gasteiger partial charge in [-0.2, -0.15) is 4.31 Å². The van der Waals surface area contributed by atoms with Crippen molar-refractivity contribution in [2.24, 2.45) is 0 Å². The summed E-state index contributed by atoms with van der Waals surface area (Å²) in [6.07, 6.45) is 0. The number of carbonyl (C=O) groups excluding carboxylic acids is 1. The molecule has 3 rings (SSSR count). The van der Waals surface area contributed by atoms with E-state index in [1.807, 2.05) is 19.1 Å². The number of nitrogens with one attached hydrogen (secondary N) is 1. The zero-order valence-corrected chi connectivity index (χ0v) is 18.6. The smallest absolute Gasteiger partial charge is 0.244 e. The van der Waals surface area contributed by atoms with E-state index in [0.29, 0.717) is 34.6 Å². The monoisotopic (exact) mass is 442 g/mol. The van der Waals surface area contributed by atoms with Crippen molar-refractivity contribution in [2.45, 2.75) is 18.7 Å². The van der Waals surface area contributed by atoms with Gasteiger partial charge in [0.05, 0.1) is 25.2 Å². The standard InChI is InChI=1S/C23H26N2O5S/c1-4-25(16-23(26)24-17-9-8-10-18(15-17)29-3)31(27,28)22-14-13-21(30-5-2)19-11-6-7-12-20(19)22/h6-15H,4-5,16H2,1-3H3,(H,24,26). The highest BCUT2D eigenvalue weighted by Crippen LogP contribution is 2.32. The van der Waals surface area contributed by atoms with Gasteiger partial charge in [0.15, 0.2) is 0 Å². The molecule has 1 amide bonds. The minimum Gasteiger partial charge on any atom is -0.497 e. The Labute approximate surface area is 182 Å². The second kappa shape index (κ2) is 9.80. The number of methoxy groups -OCH3 is 1. The van der Waals surface area contributed by atoms with Crippen molar-refractivity contribution in [1.82, 2.24) is 4.31 Å². The molecule has 1 N–H and O–H groups in total.